The third-order valence-corrected chi connectivity index (χ3v) is 1.51. The second-order valence-corrected chi connectivity index (χ2v) is 2.65. The van der Waals surface area contributed by atoms with Crippen molar-refractivity contribution in [3.8, 4) is 0 Å². The van der Waals surface area contributed by atoms with Crippen molar-refractivity contribution in [2.24, 2.45) is 0 Å². The van der Waals surface area contributed by atoms with Gasteiger partial charge in [0.15, 0.2) is 12.6 Å². The van der Waals surface area contributed by atoms with Crippen LogP contribution in [0.4, 0.5) is 0 Å². The van der Waals surface area contributed by atoms with Crippen molar-refractivity contribution in [3.63, 3.8) is 0 Å². The summed E-state index contributed by atoms with van der Waals surface area (Å²) < 4.78 is 10.3. The van der Waals surface area contributed by atoms with E-state index >= 15 is 0 Å². The maximum absolute atomic E-state index is 11.0. The van der Waals surface area contributed by atoms with Gasteiger partial charge in [-0.3, -0.25) is 0 Å². The van der Waals surface area contributed by atoms with Crippen LogP contribution in [-0.2, 0) is 14.6 Å². The molecule has 0 fully saturated rings. The van der Waals surface area contributed by atoms with Crippen LogP contribution in [0.2, 0.25) is 0 Å². The normalized spacial score (nSPS) is 16.0. The molecule has 1 radical (unpaired) electrons. The summed E-state index contributed by atoms with van der Waals surface area (Å²) in [6.45, 7) is 6.35. The minimum absolute atomic E-state index is 0.303. The van der Waals surface area contributed by atoms with E-state index in [0.29, 0.717) is 13.0 Å². The Hall–Kier alpha value is -0.120. The van der Waals surface area contributed by atoms with Crippen LogP contribution in [0, 0.1) is 0 Å². The fourth-order valence-corrected chi connectivity index (χ4v) is 0.878. The minimum Gasteiger partial charge on any atom is -0.353 e. The first-order valence-electron chi connectivity index (χ1n) is 4.67. The van der Waals surface area contributed by atoms with Gasteiger partial charge in [0.1, 0.15) is 0 Å². The summed E-state index contributed by atoms with van der Waals surface area (Å²) in [5, 5.41) is 11.0. The predicted molar refractivity (Wildman–Crippen MR) is 46.2 cm³/mol. The SMILES string of the molecule is CCCC(OCC)OC([O])CC. The summed E-state index contributed by atoms with van der Waals surface area (Å²) in [6, 6.07) is 0. The molecule has 0 rings (SSSR count). The molecule has 0 aromatic heterocycles. The zero-order valence-electron chi connectivity index (χ0n) is 8.21. The predicted octanol–water partition coefficient (Wildman–Crippen LogP) is 2.33. The van der Waals surface area contributed by atoms with Crippen molar-refractivity contribution in [1.29, 1.82) is 0 Å². The molecule has 2 unspecified atom stereocenters. The quantitative estimate of drug-likeness (QED) is 0.557. The van der Waals surface area contributed by atoms with Crippen LogP contribution in [0.25, 0.3) is 0 Å². The van der Waals surface area contributed by atoms with Crippen LogP contribution in [-0.4, -0.2) is 19.2 Å². The summed E-state index contributed by atoms with van der Waals surface area (Å²) >= 11 is 0. The first kappa shape index (κ1) is 11.9. The Morgan fingerprint density at radius 2 is 1.92 bits per heavy atom. The third kappa shape index (κ3) is 5.52. The molecular formula is C9H19O3. The Labute approximate surface area is 74.7 Å². The van der Waals surface area contributed by atoms with E-state index in [1.165, 1.54) is 0 Å². The van der Waals surface area contributed by atoms with Crippen LogP contribution in [0.5, 0.6) is 0 Å². The lowest BCUT2D eigenvalue weighted by molar-refractivity contribution is -0.248. The Morgan fingerprint density at radius 3 is 2.33 bits per heavy atom. The summed E-state index contributed by atoms with van der Waals surface area (Å²) in [7, 11) is 0. The van der Waals surface area contributed by atoms with E-state index in [0.717, 1.165) is 12.8 Å². The Morgan fingerprint density at radius 1 is 1.25 bits per heavy atom. The molecule has 0 spiro atoms. The van der Waals surface area contributed by atoms with Gasteiger partial charge in [0.25, 0.3) is 0 Å². The fourth-order valence-electron chi connectivity index (χ4n) is 0.878. The van der Waals surface area contributed by atoms with Crippen molar-refractivity contribution in [2.75, 3.05) is 6.61 Å². The highest BCUT2D eigenvalue weighted by Gasteiger charge is 2.12. The standard InChI is InChI=1S/C9H19O3/c1-4-7-9(11-6-3)12-8(10)5-2/h8-9H,4-7H2,1-3H3. The zero-order chi connectivity index (χ0) is 9.40. The van der Waals surface area contributed by atoms with Gasteiger partial charge in [-0.05, 0) is 19.8 Å². The molecule has 0 aliphatic rings. The van der Waals surface area contributed by atoms with Gasteiger partial charge in [0.05, 0.1) is 0 Å². The molecule has 12 heavy (non-hydrogen) atoms. The van der Waals surface area contributed by atoms with Gasteiger partial charge in [0, 0.05) is 6.61 Å². The molecular weight excluding hydrogens is 156 g/mol. The summed E-state index contributed by atoms with van der Waals surface area (Å²) in [5.41, 5.74) is 0. The highest BCUT2D eigenvalue weighted by molar-refractivity contribution is 4.45. The average molecular weight is 175 g/mol. The van der Waals surface area contributed by atoms with E-state index in [4.69, 9.17) is 9.47 Å². The smallest absolute Gasteiger partial charge is 0.194 e. The second-order valence-electron chi connectivity index (χ2n) is 2.65. The van der Waals surface area contributed by atoms with E-state index in [-0.39, 0.29) is 6.29 Å². The summed E-state index contributed by atoms with van der Waals surface area (Å²) in [4.78, 5) is 0. The highest BCUT2D eigenvalue weighted by atomic mass is 16.7. The first-order chi connectivity index (χ1) is 5.74. The number of rotatable bonds is 7. The van der Waals surface area contributed by atoms with Gasteiger partial charge in [-0.1, -0.05) is 20.3 Å². The molecule has 0 N–H and O–H groups in total. The maximum atomic E-state index is 11.0. The molecule has 0 aromatic carbocycles. The molecule has 3 heteroatoms. The molecule has 0 amide bonds. The molecule has 0 aliphatic carbocycles. The number of ether oxygens (including phenoxy) is 2. The lowest BCUT2D eigenvalue weighted by Gasteiger charge is -2.18. The number of hydrogen-bond donors (Lipinski definition) is 0. The van der Waals surface area contributed by atoms with E-state index < -0.39 is 6.29 Å². The van der Waals surface area contributed by atoms with Gasteiger partial charge in [-0.15, -0.1) is 0 Å². The Balaban J connectivity index is 3.61. The van der Waals surface area contributed by atoms with E-state index in [2.05, 4.69) is 0 Å². The summed E-state index contributed by atoms with van der Waals surface area (Å²) in [6.07, 6.45) is 1.02. The second kappa shape index (κ2) is 7.53. The lowest BCUT2D eigenvalue weighted by atomic mass is 10.3. The Kier molecular flexibility index (Phi) is 7.45. The van der Waals surface area contributed by atoms with Gasteiger partial charge in [-0.2, -0.15) is 0 Å². The maximum Gasteiger partial charge on any atom is 0.194 e. The van der Waals surface area contributed by atoms with E-state index in [1.54, 1.807) is 0 Å². The van der Waals surface area contributed by atoms with Crippen molar-refractivity contribution in [3.05, 3.63) is 0 Å². The van der Waals surface area contributed by atoms with Gasteiger partial charge in [0.2, 0.25) is 0 Å². The first-order valence-corrected chi connectivity index (χ1v) is 4.67. The minimum atomic E-state index is -0.937. The molecule has 0 heterocycles. The third-order valence-electron chi connectivity index (χ3n) is 1.51. The monoisotopic (exact) mass is 175 g/mol. The number of hydrogen-bond acceptors (Lipinski definition) is 2. The molecule has 0 saturated carbocycles. The highest BCUT2D eigenvalue weighted by Crippen LogP contribution is 2.08. The molecule has 0 saturated heterocycles. The summed E-state index contributed by atoms with van der Waals surface area (Å²) in [5.74, 6) is 0. The Bertz CT molecular complexity index is 89.8. The van der Waals surface area contributed by atoms with Crippen LogP contribution in [0.3, 0.4) is 0 Å². The van der Waals surface area contributed by atoms with Crippen molar-refractivity contribution in [1.82, 2.24) is 0 Å². The fraction of sp³-hybridized carbons (Fsp3) is 1.00. The lowest BCUT2D eigenvalue weighted by Crippen LogP contribution is -2.23. The molecule has 0 aliphatic heterocycles. The molecule has 2 atom stereocenters. The molecule has 73 valence electrons. The molecule has 0 bridgehead atoms. The van der Waals surface area contributed by atoms with Crippen molar-refractivity contribution < 1.29 is 14.6 Å². The van der Waals surface area contributed by atoms with Crippen LogP contribution in [0.1, 0.15) is 40.0 Å². The van der Waals surface area contributed by atoms with Crippen molar-refractivity contribution >= 4 is 0 Å². The van der Waals surface area contributed by atoms with Crippen LogP contribution in [0.15, 0.2) is 0 Å². The van der Waals surface area contributed by atoms with Gasteiger partial charge >= 0.3 is 0 Å². The van der Waals surface area contributed by atoms with E-state index in [1.807, 2.05) is 20.8 Å². The largest absolute Gasteiger partial charge is 0.353 e. The average Bonchev–Trinajstić information content (AvgIpc) is 2.05. The van der Waals surface area contributed by atoms with Crippen LogP contribution >= 0.6 is 0 Å². The van der Waals surface area contributed by atoms with E-state index in [9.17, 15) is 5.11 Å². The molecule has 0 aromatic rings. The topological polar surface area (TPSA) is 38.4 Å². The zero-order valence-corrected chi connectivity index (χ0v) is 8.21. The van der Waals surface area contributed by atoms with Crippen molar-refractivity contribution in [2.45, 2.75) is 52.6 Å². The van der Waals surface area contributed by atoms with Crippen LogP contribution < -0.4 is 0 Å². The van der Waals surface area contributed by atoms with Gasteiger partial charge < -0.3 is 9.47 Å². The molecule has 3 nitrogen and oxygen atoms in total. The van der Waals surface area contributed by atoms with Gasteiger partial charge in [-0.25, -0.2) is 5.11 Å².